The van der Waals surface area contributed by atoms with Gasteiger partial charge in [-0.2, -0.15) is 5.10 Å². The number of carbonyl (C=O) groups excluding carboxylic acids is 1. The van der Waals surface area contributed by atoms with Crippen molar-refractivity contribution in [1.82, 2.24) is 14.8 Å². The van der Waals surface area contributed by atoms with Crippen LogP contribution in [0.2, 0.25) is 0 Å². The van der Waals surface area contributed by atoms with Gasteiger partial charge in [-0.25, -0.2) is 14.5 Å². The minimum absolute atomic E-state index is 0.241. The SMILES string of the molecule is CCn1nc(C)c(C(=O)Oc2ccccn2)c1N. The molecule has 2 aromatic heterocycles. The Labute approximate surface area is 104 Å². The minimum atomic E-state index is -0.539. The van der Waals surface area contributed by atoms with E-state index in [-0.39, 0.29) is 5.88 Å². The van der Waals surface area contributed by atoms with Crippen LogP contribution in [0.1, 0.15) is 23.0 Å². The Kier molecular flexibility index (Phi) is 3.27. The lowest BCUT2D eigenvalue weighted by atomic mass is 10.2. The lowest BCUT2D eigenvalue weighted by Gasteiger charge is -2.03. The number of ether oxygens (including phenoxy) is 1. The summed E-state index contributed by atoms with van der Waals surface area (Å²) in [7, 11) is 0. The smallest absolute Gasteiger partial charge is 0.350 e. The maximum absolute atomic E-state index is 12.0. The number of rotatable bonds is 3. The standard InChI is InChI=1S/C12H14N4O2/c1-3-16-11(13)10(8(2)15-16)12(17)18-9-6-4-5-7-14-9/h4-7H,3,13H2,1-2H3. The first kappa shape index (κ1) is 12.1. The molecular formula is C12H14N4O2. The van der Waals surface area contributed by atoms with Crippen molar-refractivity contribution in [3.8, 4) is 5.88 Å². The van der Waals surface area contributed by atoms with Gasteiger partial charge in [-0.1, -0.05) is 6.07 Å². The monoisotopic (exact) mass is 246 g/mol. The van der Waals surface area contributed by atoms with E-state index in [0.717, 1.165) is 0 Å². The number of anilines is 1. The van der Waals surface area contributed by atoms with Crippen LogP contribution < -0.4 is 10.5 Å². The summed E-state index contributed by atoms with van der Waals surface area (Å²) in [4.78, 5) is 15.9. The summed E-state index contributed by atoms with van der Waals surface area (Å²) >= 11 is 0. The number of hydrogen-bond donors (Lipinski definition) is 1. The lowest BCUT2D eigenvalue weighted by Crippen LogP contribution is -2.13. The molecule has 2 rings (SSSR count). The molecule has 0 saturated carbocycles. The average Bonchev–Trinajstić information content (AvgIpc) is 2.65. The summed E-state index contributed by atoms with van der Waals surface area (Å²) in [6, 6.07) is 5.08. The van der Waals surface area contributed by atoms with Crippen LogP contribution in [0.15, 0.2) is 24.4 Å². The van der Waals surface area contributed by atoms with Gasteiger partial charge >= 0.3 is 5.97 Å². The van der Waals surface area contributed by atoms with Gasteiger partial charge in [-0.05, 0) is 19.9 Å². The van der Waals surface area contributed by atoms with Crippen molar-refractivity contribution in [3.05, 3.63) is 35.7 Å². The first-order chi connectivity index (χ1) is 8.63. The fraction of sp³-hybridized carbons (Fsp3) is 0.250. The molecular weight excluding hydrogens is 232 g/mol. The van der Waals surface area contributed by atoms with E-state index in [1.807, 2.05) is 6.92 Å². The van der Waals surface area contributed by atoms with Crippen LogP contribution in [0.4, 0.5) is 5.82 Å². The fourth-order valence-electron chi connectivity index (χ4n) is 1.65. The highest BCUT2D eigenvalue weighted by atomic mass is 16.5. The Morgan fingerprint density at radius 2 is 2.28 bits per heavy atom. The maximum atomic E-state index is 12.0. The maximum Gasteiger partial charge on any atom is 0.350 e. The molecule has 0 aromatic carbocycles. The number of nitrogens with two attached hydrogens (primary N) is 1. The third-order valence-electron chi connectivity index (χ3n) is 2.51. The fourth-order valence-corrected chi connectivity index (χ4v) is 1.65. The highest BCUT2D eigenvalue weighted by Gasteiger charge is 2.21. The number of nitrogen functional groups attached to an aromatic ring is 1. The summed E-state index contributed by atoms with van der Waals surface area (Å²) in [5.41, 5.74) is 6.69. The molecule has 94 valence electrons. The van der Waals surface area contributed by atoms with Crippen LogP contribution in [-0.4, -0.2) is 20.7 Å². The molecule has 0 unspecified atom stereocenters. The van der Waals surface area contributed by atoms with Crippen molar-refractivity contribution in [2.24, 2.45) is 0 Å². The second-order valence-electron chi connectivity index (χ2n) is 3.72. The molecule has 0 aliphatic carbocycles. The van der Waals surface area contributed by atoms with Gasteiger partial charge in [0.05, 0.1) is 5.69 Å². The Morgan fingerprint density at radius 3 is 2.83 bits per heavy atom. The summed E-state index contributed by atoms with van der Waals surface area (Å²) in [6.07, 6.45) is 1.55. The highest BCUT2D eigenvalue weighted by Crippen LogP contribution is 2.18. The van der Waals surface area contributed by atoms with E-state index in [0.29, 0.717) is 23.6 Å². The largest absolute Gasteiger partial charge is 0.404 e. The van der Waals surface area contributed by atoms with Crippen molar-refractivity contribution in [3.63, 3.8) is 0 Å². The molecule has 6 nitrogen and oxygen atoms in total. The Bertz CT molecular complexity index is 563. The molecule has 0 fully saturated rings. The van der Waals surface area contributed by atoms with Gasteiger partial charge in [0.25, 0.3) is 0 Å². The predicted molar refractivity (Wildman–Crippen MR) is 66.2 cm³/mol. The second-order valence-corrected chi connectivity index (χ2v) is 3.72. The Morgan fingerprint density at radius 1 is 1.50 bits per heavy atom. The van der Waals surface area contributed by atoms with Gasteiger partial charge in [0.15, 0.2) is 0 Å². The van der Waals surface area contributed by atoms with Gasteiger partial charge in [0.2, 0.25) is 5.88 Å². The van der Waals surface area contributed by atoms with Gasteiger partial charge in [0.1, 0.15) is 11.4 Å². The molecule has 0 radical (unpaired) electrons. The highest BCUT2D eigenvalue weighted by molar-refractivity contribution is 5.96. The van der Waals surface area contributed by atoms with Crippen LogP contribution in [0, 0.1) is 6.92 Å². The van der Waals surface area contributed by atoms with Crippen LogP contribution in [-0.2, 0) is 6.54 Å². The third kappa shape index (κ3) is 2.17. The summed E-state index contributed by atoms with van der Waals surface area (Å²) in [5, 5.41) is 4.16. The number of esters is 1. The molecule has 18 heavy (non-hydrogen) atoms. The second kappa shape index (κ2) is 4.87. The van der Waals surface area contributed by atoms with E-state index in [1.54, 1.807) is 36.0 Å². The van der Waals surface area contributed by atoms with Gasteiger partial charge < -0.3 is 10.5 Å². The topological polar surface area (TPSA) is 83.0 Å². The number of pyridine rings is 1. The first-order valence-corrected chi connectivity index (χ1v) is 5.59. The molecule has 2 N–H and O–H groups in total. The molecule has 0 aliphatic heterocycles. The lowest BCUT2D eigenvalue weighted by molar-refractivity contribution is 0.0728. The molecule has 6 heteroatoms. The molecule has 0 spiro atoms. The average molecular weight is 246 g/mol. The van der Waals surface area contributed by atoms with Crippen molar-refractivity contribution >= 4 is 11.8 Å². The van der Waals surface area contributed by atoms with E-state index >= 15 is 0 Å². The normalized spacial score (nSPS) is 10.3. The Balaban J connectivity index is 2.27. The summed E-state index contributed by atoms with van der Waals surface area (Å²) in [5.74, 6) is 0.0184. The molecule has 0 amide bonds. The van der Waals surface area contributed by atoms with Crippen molar-refractivity contribution < 1.29 is 9.53 Å². The molecule has 0 aliphatic rings. The van der Waals surface area contributed by atoms with E-state index in [4.69, 9.17) is 10.5 Å². The molecule has 0 bridgehead atoms. The number of nitrogens with zero attached hydrogens (tertiary/aromatic N) is 3. The number of hydrogen-bond acceptors (Lipinski definition) is 5. The zero-order valence-corrected chi connectivity index (χ0v) is 10.3. The quantitative estimate of drug-likeness (QED) is 0.828. The van der Waals surface area contributed by atoms with Crippen molar-refractivity contribution in [2.45, 2.75) is 20.4 Å². The van der Waals surface area contributed by atoms with E-state index < -0.39 is 5.97 Å². The zero-order valence-electron chi connectivity index (χ0n) is 10.3. The van der Waals surface area contributed by atoms with Crippen molar-refractivity contribution in [1.29, 1.82) is 0 Å². The van der Waals surface area contributed by atoms with Gasteiger partial charge in [-0.3, -0.25) is 0 Å². The van der Waals surface area contributed by atoms with Crippen LogP contribution in [0.25, 0.3) is 0 Å². The number of carbonyl (C=O) groups is 1. The predicted octanol–water partition coefficient (Wildman–Crippen LogP) is 1.41. The van der Waals surface area contributed by atoms with E-state index in [2.05, 4.69) is 10.1 Å². The van der Waals surface area contributed by atoms with Crippen molar-refractivity contribution in [2.75, 3.05) is 5.73 Å². The molecule has 2 aromatic rings. The summed E-state index contributed by atoms with van der Waals surface area (Å²) < 4.78 is 6.70. The summed E-state index contributed by atoms with van der Waals surface area (Å²) in [6.45, 7) is 4.22. The molecule has 0 saturated heterocycles. The zero-order chi connectivity index (χ0) is 13.1. The van der Waals surface area contributed by atoms with Gasteiger partial charge in [0, 0.05) is 18.8 Å². The van der Waals surface area contributed by atoms with E-state index in [9.17, 15) is 4.79 Å². The minimum Gasteiger partial charge on any atom is -0.404 e. The van der Waals surface area contributed by atoms with E-state index in [1.165, 1.54) is 0 Å². The Hall–Kier alpha value is -2.37. The van der Waals surface area contributed by atoms with Crippen LogP contribution in [0.5, 0.6) is 5.88 Å². The third-order valence-corrected chi connectivity index (χ3v) is 2.51. The van der Waals surface area contributed by atoms with Crippen LogP contribution in [0.3, 0.4) is 0 Å². The molecule has 0 atom stereocenters. The number of aryl methyl sites for hydroxylation is 2. The van der Waals surface area contributed by atoms with Crippen LogP contribution >= 0.6 is 0 Å². The molecule has 2 heterocycles. The first-order valence-electron chi connectivity index (χ1n) is 5.59. The van der Waals surface area contributed by atoms with Gasteiger partial charge in [-0.15, -0.1) is 0 Å². The number of aromatic nitrogens is 3.